The maximum Gasteiger partial charge on any atom is 0.407 e. The summed E-state index contributed by atoms with van der Waals surface area (Å²) in [5, 5.41) is 17.8. The summed E-state index contributed by atoms with van der Waals surface area (Å²) < 4.78 is 16.6. The number of esters is 1. The van der Waals surface area contributed by atoms with Crippen LogP contribution in [0, 0.1) is 0 Å². The van der Waals surface area contributed by atoms with Crippen molar-refractivity contribution in [3.8, 4) is 11.1 Å². The minimum atomic E-state index is -1.41. The molecule has 1 aliphatic rings. The molecule has 1 aliphatic carbocycles. The summed E-state index contributed by atoms with van der Waals surface area (Å²) in [7, 11) is 0. The quantitative estimate of drug-likeness (QED) is 0.164. The Labute approximate surface area is 311 Å². The number of amides is 3. The zero-order valence-corrected chi connectivity index (χ0v) is 32.8. The van der Waals surface area contributed by atoms with E-state index in [1.807, 2.05) is 69.3 Å². The molecule has 0 saturated carbocycles. The van der Waals surface area contributed by atoms with E-state index in [-0.39, 0.29) is 35.9 Å². The number of carboxylic acid groups (broad SMARTS) is 1. The molecular weight excluding hydrogens is 687 g/mol. The Balaban J connectivity index is 1.81. The van der Waals surface area contributed by atoms with Gasteiger partial charge in [-0.3, -0.25) is 14.4 Å². The smallest absolute Gasteiger partial charge is 0.407 e. The molecule has 0 heterocycles. The van der Waals surface area contributed by atoms with E-state index in [0.29, 0.717) is 0 Å². The van der Waals surface area contributed by atoms with E-state index in [9.17, 15) is 29.1 Å². The number of carbonyl (C=O) groups excluding carboxylic acids is 4. The molecule has 2 aromatic rings. The van der Waals surface area contributed by atoms with Gasteiger partial charge in [-0.1, -0.05) is 69.3 Å². The number of rotatable bonds is 15. The van der Waals surface area contributed by atoms with Crippen molar-refractivity contribution in [3.63, 3.8) is 0 Å². The van der Waals surface area contributed by atoms with E-state index in [0.717, 1.165) is 22.3 Å². The Morgan fingerprint density at radius 2 is 1.31 bits per heavy atom. The summed E-state index contributed by atoms with van der Waals surface area (Å²) in [5.41, 5.74) is 2.70. The first-order chi connectivity index (χ1) is 24.0. The lowest BCUT2D eigenvalue weighted by molar-refractivity contribution is -0.155. The fourth-order valence-corrected chi connectivity index (χ4v) is 6.66. The predicted molar refractivity (Wildman–Crippen MR) is 201 cm³/mol. The van der Waals surface area contributed by atoms with Crippen molar-refractivity contribution in [3.05, 3.63) is 59.7 Å². The van der Waals surface area contributed by atoms with Crippen LogP contribution in [0.4, 0.5) is 4.79 Å². The highest BCUT2D eigenvalue weighted by Gasteiger charge is 2.35. The minimum absolute atomic E-state index is 0.00108. The summed E-state index contributed by atoms with van der Waals surface area (Å²) in [6, 6.07) is 11.9. The topological polar surface area (TPSA) is 169 Å². The number of hydrogen-bond donors (Lipinski definition) is 4. The summed E-state index contributed by atoms with van der Waals surface area (Å²) in [4.78, 5) is 65.7. The molecule has 0 bridgehead atoms. The first kappa shape index (κ1) is 42.3. The number of carboxylic acids is 1. The molecule has 0 unspecified atom stereocenters. The number of ether oxygens (including phenoxy) is 3. The number of fused-ring (bicyclic) bond motifs is 3. The van der Waals surface area contributed by atoms with Crippen LogP contribution in [0.25, 0.3) is 11.1 Å². The highest BCUT2D eigenvalue weighted by molar-refractivity contribution is 8.00. The number of alkyl carbamates (subject to hydrolysis) is 1. The van der Waals surface area contributed by atoms with Crippen LogP contribution >= 0.6 is 11.8 Å². The van der Waals surface area contributed by atoms with Gasteiger partial charge < -0.3 is 35.3 Å². The van der Waals surface area contributed by atoms with Crippen LogP contribution in [0.2, 0.25) is 0 Å². The van der Waals surface area contributed by atoms with Crippen LogP contribution in [0.15, 0.2) is 48.5 Å². The lowest BCUT2D eigenvalue weighted by Gasteiger charge is -2.31. The molecule has 2 aromatic carbocycles. The summed E-state index contributed by atoms with van der Waals surface area (Å²) in [6.07, 6.45) is -2.14. The molecule has 52 heavy (non-hydrogen) atoms. The number of thioether (sulfide) groups is 1. The van der Waals surface area contributed by atoms with Crippen molar-refractivity contribution in [1.82, 2.24) is 16.0 Å². The van der Waals surface area contributed by atoms with Crippen LogP contribution < -0.4 is 16.0 Å². The third-order valence-electron chi connectivity index (χ3n) is 7.90. The van der Waals surface area contributed by atoms with Crippen molar-refractivity contribution in [2.24, 2.45) is 0 Å². The summed E-state index contributed by atoms with van der Waals surface area (Å²) in [6.45, 7) is 17.8. The Morgan fingerprint density at radius 3 is 1.81 bits per heavy atom. The molecule has 3 rings (SSSR count). The highest BCUT2D eigenvalue weighted by atomic mass is 32.2. The Hall–Kier alpha value is -4.10. The first-order valence-electron chi connectivity index (χ1n) is 17.5. The third-order valence-corrected chi connectivity index (χ3v) is 9.26. The minimum Gasteiger partial charge on any atom is -0.480 e. The van der Waals surface area contributed by atoms with Crippen LogP contribution in [0.3, 0.4) is 0 Å². The number of nitrogens with one attached hydrogen (secondary N) is 3. The van der Waals surface area contributed by atoms with Crippen LogP contribution in [0.1, 0.15) is 99.1 Å². The van der Waals surface area contributed by atoms with Crippen LogP contribution in [-0.2, 0) is 33.4 Å². The van der Waals surface area contributed by atoms with Crippen molar-refractivity contribution in [2.75, 3.05) is 12.4 Å². The van der Waals surface area contributed by atoms with Gasteiger partial charge in [0.25, 0.3) is 0 Å². The molecule has 286 valence electrons. The Morgan fingerprint density at radius 1 is 0.769 bits per heavy atom. The monoisotopic (exact) mass is 741 g/mol. The number of benzene rings is 2. The van der Waals surface area contributed by atoms with Crippen molar-refractivity contribution < 1.29 is 43.3 Å². The van der Waals surface area contributed by atoms with E-state index in [1.54, 1.807) is 48.5 Å². The van der Waals surface area contributed by atoms with E-state index in [1.165, 1.54) is 11.8 Å². The third kappa shape index (κ3) is 13.1. The fourth-order valence-electron chi connectivity index (χ4n) is 5.75. The van der Waals surface area contributed by atoms with Gasteiger partial charge in [-0.25, -0.2) is 9.59 Å². The van der Waals surface area contributed by atoms with Crippen molar-refractivity contribution in [1.29, 1.82) is 0 Å². The van der Waals surface area contributed by atoms with Gasteiger partial charge in [-0.05, 0) is 77.1 Å². The lowest BCUT2D eigenvalue weighted by Crippen LogP contribution is -2.59. The normalized spacial score (nSPS) is 15.3. The molecule has 0 spiro atoms. The van der Waals surface area contributed by atoms with Crippen molar-refractivity contribution in [2.45, 2.75) is 128 Å². The maximum absolute atomic E-state index is 13.9. The molecule has 4 N–H and O–H groups in total. The standard InChI is InChI=1S/C39H55N3O9S/c1-23(50-37(2,3)4)32(35(46)47)42-34(45)30(22-52-39(8,9)10)40-33(44)29(19-20-31(43)51-38(5,6)7)41-36(48)49-21-28-26-17-13-11-15-24(26)25-16-12-14-18-27(25)28/h11-18,23,28-30,32H,19-22H2,1-10H3,(H,40,44)(H,41,48)(H,42,45)(H,46,47)/t23-,29+,30+,32+/m0/s1. The van der Waals surface area contributed by atoms with E-state index in [2.05, 4.69) is 16.0 Å². The van der Waals surface area contributed by atoms with Gasteiger partial charge in [0.15, 0.2) is 6.04 Å². The Bertz CT molecular complexity index is 1550. The number of hydrogen-bond acceptors (Lipinski definition) is 9. The van der Waals surface area contributed by atoms with Gasteiger partial charge in [0.2, 0.25) is 11.8 Å². The molecule has 0 radical (unpaired) electrons. The average molecular weight is 742 g/mol. The second-order valence-electron chi connectivity index (χ2n) is 15.9. The molecule has 0 saturated heterocycles. The lowest BCUT2D eigenvalue weighted by atomic mass is 9.98. The largest absolute Gasteiger partial charge is 0.480 e. The van der Waals surface area contributed by atoms with Crippen molar-refractivity contribution >= 4 is 41.6 Å². The Kier molecular flexibility index (Phi) is 14.3. The summed E-state index contributed by atoms with van der Waals surface area (Å²) >= 11 is 1.39. The fraction of sp³-hybridized carbons (Fsp3) is 0.564. The molecule has 4 atom stereocenters. The van der Waals surface area contributed by atoms with Gasteiger partial charge in [0.1, 0.15) is 24.3 Å². The second-order valence-corrected chi connectivity index (χ2v) is 17.7. The maximum atomic E-state index is 13.9. The molecule has 12 nitrogen and oxygen atoms in total. The number of carbonyl (C=O) groups is 5. The molecule has 0 aliphatic heterocycles. The molecule has 3 amide bonds. The zero-order chi connectivity index (χ0) is 39.0. The van der Waals surface area contributed by atoms with Crippen LogP contribution in [0.5, 0.6) is 0 Å². The van der Waals surface area contributed by atoms with Gasteiger partial charge in [-0.2, -0.15) is 11.8 Å². The predicted octanol–water partition coefficient (Wildman–Crippen LogP) is 5.81. The van der Waals surface area contributed by atoms with E-state index in [4.69, 9.17) is 14.2 Å². The molecule has 0 aromatic heterocycles. The zero-order valence-electron chi connectivity index (χ0n) is 32.0. The first-order valence-corrected chi connectivity index (χ1v) is 18.5. The molecule has 0 fully saturated rings. The highest BCUT2D eigenvalue weighted by Crippen LogP contribution is 2.44. The van der Waals surface area contributed by atoms with E-state index < -0.39 is 65.3 Å². The SMILES string of the molecule is C[C@H](OC(C)(C)C)[C@@H](NC(=O)[C@@H](CSC(C)(C)C)NC(=O)[C@@H](CCC(=O)OC(C)(C)C)NC(=O)OCC1c2ccccc2-c2ccccc21)C(=O)O. The van der Waals surface area contributed by atoms with E-state index >= 15 is 0 Å². The molecular formula is C39H55N3O9S. The van der Waals surface area contributed by atoms with Gasteiger partial charge in [-0.15, -0.1) is 0 Å². The second kappa shape index (κ2) is 17.6. The summed E-state index contributed by atoms with van der Waals surface area (Å²) in [5.74, 6) is -3.50. The van der Waals surface area contributed by atoms with Gasteiger partial charge >= 0.3 is 18.0 Å². The van der Waals surface area contributed by atoms with Gasteiger partial charge in [0.05, 0.1) is 11.7 Å². The number of aliphatic carboxylic acids is 1. The average Bonchev–Trinajstić information content (AvgIpc) is 3.33. The molecule has 13 heteroatoms. The van der Waals surface area contributed by atoms with Gasteiger partial charge in [0, 0.05) is 22.8 Å². The van der Waals surface area contributed by atoms with Crippen LogP contribution in [-0.4, -0.2) is 87.5 Å².